The predicted octanol–water partition coefficient (Wildman–Crippen LogP) is 3.78. The van der Waals surface area contributed by atoms with Crippen molar-refractivity contribution in [3.63, 3.8) is 0 Å². The second-order valence-electron chi connectivity index (χ2n) is 7.18. The van der Waals surface area contributed by atoms with Crippen molar-refractivity contribution in [3.05, 3.63) is 72.1 Å². The molecule has 3 amide bonds. The van der Waals surface area contributed by atoms with E-state index in [0.29, 0.717) is 23.4 Å². The average Bonchev–Trinajstić information content (AvgIpc) is 2.95. The highest BCUT2D eigenvalue weighted by Gasteiger charge is 2.50. The van der Waals surface area contributed by atoms with E-state index in [-0.39, 0.29) is 41.3 Å². The molecule has 2 aromatic carbocycles. The van der Waals surface area contributed by atoms with Gasteiger partial charge in [0, 0.05) is 11.3 Å². The summed E-state index contributed by atoms with van der Waals surface area (Å²) in [7, 11) is 0. The van der Waals surface area contributed by atoms with Crippen LogP contribution < -0.4 is 10.2 Å². The van der Waals surface area contributed by atoms with E-state index in [4.69, 9.17) is 0 Å². The highest BCUT2D eigenvalue weighted by Crippen LogP contribution is 2.40. The fraction of sp³-hybridized carbons (Fsp3) is 0.227. The zero-order valence-electron chi connectivity index (χ0n) is 15.3. The summed E-state index contributed by atoms with van der Waals surface area (Å²) in [5.74, 6) is -1.71. The molecule has 3 unspecified atom stereocenters. The van der Waals surface area contributed by atoms with Crippen molar-refractivity contribution in [2.24, 2.45) is 17.8 Å². The van der Waals surface area contributed by atoms with Gasteiger partial charge in [0.2, 0.25) is 11.8 Å². The molecule has 5 nitrogen and oxygen atoms in total. The first-order valence-electron chi connectivity index (χ1n) is 9.17. The van der Waals surface area contributed by atoms with Gasteiger partial charge in [0.05, 0.1) is 17.5 Å². The maximum atomic E-state index is 13.0. The van der Waals surface area contributed by atoms with Crippen molar-refractivity contribution < 1.29 is 18.8 Å². The molecular weight excluding hydrogens is 359 g/mol. The molecule has 1 saturated heterocycles. The Morgan fingerprint density at radius 3 is 2.36 bits per heavy atom. The lowest BCUT2D eigenvalue weighted by Gasteiger charge is -2.22. The van der Waals surface area contributed by atoms with Crippen LogP contribution in [0.1, 0.15) is 23.7 Å². The Balaban J connectivity index is 1.52. The number of imide groups is 1. The third-order valence-corrected chi connectivity index (χ3v) is 5.36. The summed E-state index contributed by atoms with van der Waals surface area (Å²) >= 11 is 0. The minimum absolute atomic E-state index is 0.0287. The summed E-state index contributed by atoms with van der Waals surface area (Å²) in [4.78, 5) is 39.1. The largest absolute Gasteiger partial charge is 0.322 e. The Labute approximate surface area is 161 Å². The van der Waals surface area contributed by atoms with Gasteiger partial charge in [-0.2, -0.15) is 0 Å². The summed E-state index contributed by atoms with van der Waals surface area (Å²) in [5, 5.41) is 2.68. The molecule has 0 aromatic heterocycles. The molecule has 0 radical (unpaired) electrons. The summed E-state index contributed by atoms with van der Waals surface area (Å²) in [5.41, 5.74) is 1.32. The molecule has 142 valence electrons. The number of carbonyl (C=O) groups is 3. The van der Waals surface area contributed by atoms with E-state index in [9.17, 15) is 18.8 Å². The summed E-state index contributed by atoms with van der Waals surface area (Å²) in [6, 6.07) is 11.8. The zero-order chi connectivity index (χ0) is 19.8. The van der Waals surface area contributed by atoms with E-state index in [1.165, 1.54) is 29.2 Å². The van der Waals surface area contributed by atoms with Crippen LogP contribution in [0.3, 0.4) is 0 Å². The molecule has 1 aliphatic heterocycles. The molecule has 6 heteroatoms. The molecule has 0 saturated carbocycles. The molecule has 2 aromatic rings. The quantitative estimate of drug-likeness (QED) is 0.653. The maximum absolute atomic E-state index is 13.0. The van der Waals surface area contributed by atoms with Crippen LogP contribution in [0.25, 0.3) is 0 Å². The number of benzene rings is 2. The van der Waals surface area contributed by atoms with Crippen LogP contribution in [0, 0.1) is 23.6 Å². The number of nitrogens with one attached hydrogen (secondary N) is 1. The monoisotopic (exact) mass is 378 g/mol. The van der Waals surface area contributed by atoms with Crippen LogP contribution in [0.15, 0.2) is 60.7 Å². The smallest absolute Gasteiger partial charge is 0.255 e. The van der Waals surface area contributed by atoms with Gasteiger partial charge in [0.25, 0.3) is 5.91 Å². The van der Waals surface area contributed by atoms with Crippen LogP contribution in [0.2, 0.25) is 0 Å². The van der Waals surface area contributed by atoms with Crippen LogP contribution in [-0.2, 0) is 9.59 Å². The first-order valence-corrected chi connectivity index (χ1v) is 9.17. The number of carbonyl (C=O) groups excluding carboxylic acids is 3. The molecule has 2 aliphatic rings. The average molecular weight is 378 g/mol. The third kappa shape index (κ3) is 3.11. The minimum Gasteiger partial charge on any atom is -0.322 e. The van der Waals surface area contributed by atoms with Crippen molar-refractivity contribution in [3.8, 4) is 0 Å². The first kappa shape index (κ1) is 18.1. The van der Waals surface area contributed by atoms with Crippen LogP contribution in [0.4, 0.5) is 15.8 Å². The van der Waals surface area contributed by atoms with Gasteiger partial charge < -0.3 is 5.32 Å². The number of nitrogens with zero attached hydrogens (tertiary/aromatic N) is 1. The Morgan fingerprint density at radius 1 is 1.04 bits per heavy atom. The Hall–Kier alpha value is -3.28. The van der Waals surface area contributed by atoms with Gasteiger partial charge in [-0.3, -0.25) is 19.3 Å². The molecule has 4 rings (SSSR count). The zero-order valence-corrected chi connectivity index (χ0v) is 15.3. The molecule has 28 heavy (non-hydrogen) atoms. The highest BCUT2D eigenvalue weighted by molar-refractivity contribution is 6.22. The van der Waals surface area contributed by atoms with E-state index >= 15 is 0 Å². The lowest BCUT2D eigenvalue weighted by molar-refractivity contribution is -0.122. The van der Waals surface area contributed by atoms with Crippen molar-refractivity contribution in [2.45, 2.75) is 13.3 Å². The highest BCUT2D eigenvalue weighted by atomic mass is 19.1. The lowest BCUT2D eigenvalue weighted by atomic mass is 9.78. The molecule has 0 bridgehead atoms. The van der Waals surface area contributed by atoms with Gasteiger partial charge >= 0.3 is 0 Å². The summed E-state index contributed by atoms with van der Waals surface area (Å²) in [6.07, 6.45) is 4.52. The minimum atomic E-state index is -0.382. The number of amides is 3. The number of fused-ring (bicyclic) bond motifs is 1. The van der Waals surface area contributed by atoms with Crippen LogP contribution in [-0.4, -0.2) is 17.7 Å². The van der Waals surface area contributed by atoms with E-state index in [1.807, 2.05) is 19.1 Å². The van der Waals surface area contributed by atoms with Crippen molar-refractivity contribution >= 4 is 29.1 Å². The number of allylic oxidation sites excluding steroid dienone is 2. The second-order valence-corrected chi connectivity index (χ2v) is 7.18. The second kappa shape index (κ2) is 7.03. The number of halogens is 1. The molecule has 3 atom stereocenters. The molecule has 1 aliphatic carbocycles. The fourth-order valence-corrected chi connectivity index (χ4v) is 3.90. The van der Waals surface area contributed by atoms with Crippen LogP contribution >= 0.6 is 0 Å². The van der Waals surface area contributed by atoms with Gasteiger partial charge in [0.15, 0.2) is 0 Å². The SMILES string of the molecule is CC1C=CCC2C(=O)N(c3ccc(C(=O)Nc4ccc(F)cc4)cc3)C(=O)C12. The Bertz CT molecular complexity index is 966. The van der Waals surface area contributed by atoms with Gasteiger partial charge in [-0.15, -0.1) is 0 Å². The van der Waals surface area contributed by atoms with E-state index in [0.717, 1.165) is 0 Å². The third-order valence-electron chi connectivity index (χ3n) is 5.36. The number of rotatable bonds is 3. The predicted molar refractivity (Wildman–Crippen MR) is 103 cm³/mol. The molecular formula is C22H19FN2O3. The summed E-state index contributed by atoms with van der Waals surface area (Å²) < 4.78 is 13.0. The van der Waals surface area contributed by atoms with E-state index in [2.05, 4.69) is 5.32 Å². The molecule has 1 fully saturated rings. The van der Waals surface area contributed by atoms with Crippen LogP contribution in [0.5, 0.6) is 0 Å². The number of anilines is 2. The van der Waals surface area contributed by atoms with Crippen molar-refractivity contribution in [1.29, 1.82) is 0 Å². The van der Waals surface area contributed by atoms with E-state index < -0.39 is 0 Å². The number of hydrogen-bond donors (Lipinski definition) is 1. The summed E-state index contributed by atoms with van der Waals surface area (Å²) in [6.45, 7) is 1.95. The molecule has 0 spiro atoms. The standard InChI is InChI=1S/C22H19FN2O3/c1-13-3-2-4-18-19(13)22(28)25(21(18)27)17-11-5-14(6-12-17)20(26)24-16-9-7-15(23)8-10-16/h2-3,5-13,18-19H,4H2,1H3,(H,24,26). The van der Waals surface area contributed by atoms with E-state index in [1.54, 1.807) is 24.3 Å². The lowest BCUT2D eigenvalue weighted by Crippen LogP contribution is -2.31. The molecule has 1 heterocycles. The van der Waals surface area contributed by atoms with Gasteiger partial charge in [0.1, 0.15) is 5.82 Å². The molecule has 1 N–H and O–H groups in total. The Morgan fingerprint density at radius 2 is 1.71 bits per heavy atom. The Kier molecular flexibility index (Phi) is 4.55. The maximum Gasteiger partial charge on any atom is 0.255 e. The van der Waals surface area contributed by atoms with Crippen molar-refractivity contribution in [1.82, 2.24) is 0 Å². The van der Waals surface area contributed by atoms with Gasteiger partial charge in [-0.1, -0.05) is 19.1 Å². The number of hydrogen-bond acceptors (Lipinski definition) is 3. The van der Waals surface area contributed by atoms with Gasteiger partial charge in [-0.05, 0) is 60.9 Å². The van der Waals surface area contributed by atoms with Gasteiger partial charge in [-0.25, -0.2) is 4.39 Å². The normalized spacial score (nSPS) is 23.6. The van der Waals surface area contributed by atoms with Crippen molar-refractivity contribution in [2.75, 3.05) is 10.2 Å². The topological polar surface area (TPSA) is 66.5 Å². The fourth-order valence-electron chi connectivity index (χ4n) is 3.90. The first-order chi connectivity index (χ1) is 13.5.